The normalized spacial score (nSPS) is 12.7. The minimum absolute atomic E-state index is 0.0447. The molecular formula is C18H11F3N3O2S. The van der Waals surface area contributed by atoms with Crippen molar-refractivity contribution in [3.8, 4) is 5.69 Å². The number of fused-ring (bicyclic) bond motifs is 3. The van der Waals surface area contributed by atoms with E-state index in [0.29, 0.717) is 10.8 Å². The summed E-state index contributed by atoms with van der Waals surface area (Å²) in [4.78, 5) is -0.141. The van der Waals surface area contributed by atoms with Crippen molar-refractivity contribution in [3.05, 3.63) is 66.4 Å². The summed E-state index contributed by atoms with van der Waals surface area (Å²) in [6, 6.07) is 16.0. The first-order valence-corrected chi connectivity index (χ1v) is 9.23. The van der Waals surface area contributed by atoms with Crippen molar-refractivity contribution in [2.45, 2.75) is 11.1 Å². The third-order valence-electron chi connectivity index (χ3n) is 4.18. The largest absolute Gasteiger partial charge is 0.435 e. The minimum Gasteiger partial charge on any atom is -0.232 e. The SMILES string of the molecule is NS(=O)(=O)c1ccc(-n2nc(C(F)(F)F)c3ccc4c[c]ccc4c32)cc1. The summed E-state index contributed by atoms with van der Waals surface area (Å²) in [5.41, 5.74) is -0.455. The lowest BCUT2D eigenvalue weighted by Crippen LogP contribution is -2.12. The fourth-order valence-corrected chi connectivity index (χ4v) is 3.51. The number of nitrogens with zero attached hydrogens (tertiary/aromatic N) is 2. The first-order valence-electron chi connectivity index (χ1n) is 7.68. The summed E-state index contributed by atoms with van der Waals surface area (Å²) in [7, 11) is -3.91. The molecule has 9 heteroatoms. The van der Waals surface area contributed by atoms with E-state index in [1.54, 1.807) is 24.3 Å². The van der Waals surface area contributed by atoms with E-state index >= 15 is 0 Å². The van der Waals surface area contributed by atoms with E-state index in [1.807, 2.05) is 0 Å². The molecule has 0 atom stereocenters. The Labute approximate surface area is 151 Å². The maximum absolute atomic E-state index is 13.5. The fourth-order valence-electron chi connectivity index (χ4n) is 2.99. The number of aromatic nitrogens is 2. The van der Waals surface area contributed by atoms with Gasteiger partial charge in [0, 0.05) is 10.8 Å². The number of rotatable bonds is 2. The van der Waals surface area contributed by atoms with Gasteiger partial charge in [0.1, 0.15) is 0 Å². The molecule has 2 N–H and O–H groups in total. The molecule has 4 aromatic rings. The highest BCUT2D eigenvalue weighted by atomic mass is 32.2. The van der Waals surface area contributed by atoms with E-state index in [4.69, 9.17) is 5.14 Å². The third-order valence-corrected chi connectivity index (χ3v) is 5.11. The highest BCUT2D eigenvalue weighted by molar-refractivity contribution is 7.89. The van der Waals surface area contributed by atoms with Gasteiger partial charge in [0.05, 0.1) is 16.1 Å². The smallest absolute Gasteiger partial charge is 0.232 e. The summed E-state index contributed by atoms with van der Waals surface area (Å²) in [5, 5.41) is 10.1. The number of hydrogen-bond donors (Lipinski definition) is 1. The van der Waals surface area contributed by atoms with Gasteiger partial charge in [-0.15, -0.1) is 0 Å². The molecule has 1 aromatic heterocycles. The Morgan fingerprint density at radius 2 is 1.70 bits per heavy atom. The highest BCUT2D eigenvalue weighted by Crippen LogP contribution is 2.37. The minimum atomic E-state index is -4.64. The topological polar surface area (TPSA) is 78.0 Å². The molecule has 4 rings (SSSR count). The van der Waals surface area contributed by atoms with E-state index < -0.39 is 21.9 Å². The van der Waals surface area contributed by atoms with Crippen LogP contribution in [0.1, 0.15) is 5.69 Å². The number of nitrogens with two attached hydrogens (primary N) is 1. The van der Waals surface area contributed by atoms with Gasteiger partial charge >= 0.3 is 6.18 Å². The predicted octanol–water partition coefficient (Wildman–Crippen LogP) is 3.65. The standard InChI is InChI=1S/C18H11F3N3O2S/c19-18(20,21)17-15-10-5-11-3-1-2-4-14(11)16(15)24(23-17)12-6-8-13(9-7-12)27(22,25)26/h2-10H,(H2,22,25,26). The van der Waals surface area contributed by atoms with Gasteiger partial charge in [0.15, 0.2) is 5.69 Å². The number of sulfonamides is 1. The van der Waals surface area contributed by atoms with E-state index in [9.17, 15) is 21.6 Å². The molecule has 0 saturated heterocycles. The molecule has 0 aliphatic rings. The second-order valence-corrected chi connectivity index (χ2v) is 7.47. The van der Waals surface area contributed by atoms with Gasteiger partial charge in [-0.3, -0.25) is 0 Å². The number of alkyl halides is 3. The molecule has 0 spiro atoms. The molecule has 0 fully saturated rings. The zero-order valence-corrected chi connectivity index (χ0v) is 14.3. The Bertz CT molecular complexity index is 1280. The summed E-state index contributed by atoms with van der Waals surface area (Å²) < 4.78 is 64.4. The van der Waals surface area contributed by atoms with Gasteiger partial charge in [-0.2, -0.15) is 18.3 Å². The highest BCUT2D eigenvalue weighted by Gasteiger charge is 2.37. The van der Waals surface area contributed by atoms with Gasteiger partial charge in [0.25, 0.3) is 0 Å². The molecular weight excluding hydrogens is 379 g/mol. The first kappa shape index (κ1) is 17.5. The van der Waals surface area contributed by atoms with Crippen molar-refractivity contribution in [1.29, 1.82) is 0 Å². The van der Waals surface area contributed by atoms with E-state index in [0.717, 1.165) is 4.68 Å². The van der Waals surface area contributed by atoms with Gasteiger partial charge in [0.2, 0.25) is 10.0 Å². The Kier molecular flexibility index (Phi) is 3.76. The number of benzene rings is 3. The maximum Gasteiger partial charge on any atom is 0.435 e. The van der Waals surface area contributed by atoms with Crippen molar-refractivity contribution in [3.63, 3.8) is 0 Å². The monoisotopic (exact) mass is 390 g/mol. The molecule has 5 nitrogen and oxygen atoms in total. The molecule has 3 aromatic carbocycles. The lowest BCUT2D eigenvalue weighted by molar-refractivity contribution is -0.140. The van der Waals surface area contributed by atoms with Crippen molar-refractivity contribution in [1.82, 2.24) is 9.78 Å². The average molecular weight is 390 g/mol. The van der Waals surface area contributed by atoms with Crippen molar-refractivity contribution >= 4 is 31.7 Å². The molecule has 0 aliphatic heterocycles. The van der Waals surface area contributed by atoms with Crippen LogP contribution >= 0.6 is 0 Å². The van der Waals surface area contributed by atoms with Crippen LogP contribution < -0.4 is 5.14 Å². The van der Waals surface area contributed by atoms with E-state index in [1.165, 1.54) is 30.3 Å². The molecule has 27 heavy (non-hydrogen) atoms. The quantitative estimate of drug-likeness (QED) is 0.568. The zero-order chi connectivity index (χ0) is 19.4. The summed E-state index contributed by atoms with van der Waals surface area (Å²) in [6.07, 6.45) is -4.64. The van der Waals surface area contributed by atoms with Crippen LogP contribution in [0.4, 0.5) is 13.2 Å². The van der Waals surface area contributed by atoms with Crippen molar-refractivity contribution in [2.75, 3.05) is 0 Å². The predicted molar refractivity (Wildman–Crippen MR) is 93.8 cm³/mol. The van der Waals surface area contributed by atoms with Gasteiger partial charge < -0.3 is 0 Å². The van der Waals surface area contributed by atoms with Gasteiger partial charge in [-0.1, -0.05) is 18.2 Å². The van der Waals surface area contributed by atoms with Crippen LogP contribution in [0.5, 0.6) is 0 Å². The Morgan fingerprint density at radius 1 is 1.00 bits per heavy atom. The number of hydrogen-bond acceptors (Lipinski definition) is 3. The van der Waals surface area contributed by atoms with Crippen LogP contribution in [0, 0.1) is 6.07 Å². The van der Waals surface area contributed by atoms with Crippen LogP contribution in [-0.4, -0.2) is 18.2 Å². The Balaban J connectivity index is 2.06. The fraction of sp³-hybridized carbons (Fsp3) is 0.0556. The zero-order valence-electron chi connectivity index (χ0n) is 13.5. The van der Waals surface area contributed by atoms with Crippen molar-refractivity contribution < 1.29 is 21.6 Å². The summed E-state index contributed by atoms with van der Waals surface area (Å²) >= 11 is 0. The van der Waals surface area contributed by atoms with Crippen LogP contribution in [-0.2, 0) is 16.2 Å². The first-order chi connectivity index (χ1) is 12.7. The number of primary sulfonamides is 1. The molecule has 0 unspecified atom stereocenters. The Morgan fingerprint density at radius 3 is 2.33 bits per heavy atom. The molecule has 0 aliphatic carbocycles. The number of halogens is 3. The summed E-state index contributed by atoms with van der Waals surface area (Å²) in [5.74, 6) is 0. The molecule has 0 saturated carbocycles. The lowest BCUT2D eigenvalue weighted by Gasteiger charge is -2.07. The lowest BCUT2D eigenvalue weighted by atomic mass is 10.1. The van der Waals surface area contributed by atoms with Crippen LogP contribution in [0.15, 0.2) is 59.5 Å². The van der Waals surface area contributed by atoms with Crippen LogP contribution in [0.2, 0.25) is 0 Å². The van der Waals surface area contributed by atoms with Crippen LogP contribution in [0.25, 0.3) is 27.4 Å². The molecule has 137 valence electrons. The maximum atomic E-state index is 13.5. The molecule has 0 bridgehead atoms. The average Bonchev–Trinajstić information content (AvgIpc) is 3.01. The second kappa shape index (κ2) is 5.80. The van der Waals surface area contributed by atoms with Crippen molar-refractivity contribution in [2.24, 2.45) is 5.14 Å². The molecule has 1 heterocycles. The third kappa shape index (κ3) is 2.94. The second-order valence-electron chi connectivity index (χ2n) is 5.91. The van der Waals surface area contributed by atoms with Gasteiger partial charge in [-0.05, 0) is 47.9 Å². The van der Waals surface area contributed by atoms with E-state index in [-0.39, 0.29) is 21.5 Å². The van der Waals surface area contributed by atoms with Crippen LogP contribution in [0.3, 0.4) is 0 Å². The summed E-state index contributed by atoms with van der Waals surface area (Å²) in [6.45, 7) is 0. The molecule has 1 radical (unpaired) electrons. The Hall–Kier alpha value is -2.91. The van der Waals surface area contributed by atoms with Gasteiger partial charge in [-0.25, -0.2) is 18.2 Å². The molecule has 0 amide bonds. The van der Waals surface area contributed by atoms with E-state index in [2.05, 4.69) is 11.2 Å².